The number of benzene rings is 3. The summed E-state index contributed by atoms with van der Waals surface area (Å²) >= 11 is 0. The Bertz CT molecular complexity index is 1130. The molecule has 0 heterocycles. The van der Waals surface area contributed by atoms with E-state index in [0.717, 1.165) is 24.2 Å². The van der Waals surface area contributed by atoms with Crippen molar-refractivity contribution in [3.05, 3.63) is 95.6 Å². The molecule has 0 spiro atoms. The minimum Gasteiger partial charge on any atom is -0.494 e. The lowest BCUT2D eigenvalue weighted by Crippen LogP contribution is -2.30. The first-order valence-electron chi connectivity index (χ1n) is 12.6. The molecule has 3 rings (SSSR count). The van der Waals surface area contributed by atoms with Crippen molar-refractivity contribution < 1.29 is 27.8 Å². The Hall–Kier alpha value is -3.74. The summed E-state index contributed by atoms with van der Waals surface area (Å²) in [6.45, 7) is 4.62. The molecule has 0 radical (unpaired) electrons. The van der Waals surface area contributed by atoms with Crippen LogP contribution < -0.4 is 10.1 Å². The van der Waals surface area contributed by atoms with Crippen LogP contribution in [0.5, 0.6) is 5.75 Å². The molecule has 0 aliphatic rings. The summed E-state index contributed by atoms with van der Waals surface area (Å²) in [6.07, 6.45) is 2.24. The van der Waals surface area contributed by atoms with Gasteiger partial charge in [0.05, 0.1) is 25.2 Å². The fraction of sp³-hybridized carbons (Fsp3) is 0.333. The Morgan fingerprint density at radius 1 is 0.865 bits per heavy atom. The van der Waals surface area contributed by atoms with Gasteiger partial charge in [0.2, 0.25) is 0 Å². The van der Waals surface area contributed by atoms with Crippen LogP contribution in [0.25, 0.3) is 0 Å². The minimum atomic E-state index is -0.721. The number of nitrogens with one attached hydrogen (secondary N) is 1. The van der Waals surface area contributed by atoms with Crippen LogP contribution >= 0.6 is 0 Å². The average molecular weight is 510 g/mol. The molecular weight excluding hydrogens is 476 g/mol. The second kappa shape index (κ2) is 14.1. The Labute approximate surface area is 216 Å². The number of ketones is 1. The molecule has 37 heavy (non-hydrogen) atoms. The number of carbonyl (C=O) groups excluding carboxylic acids is 2. The van der Waals surface area contributed by atoms with Crippen LogP contribution in [0, 0.1) is 17.6 Å². The van der Waals surface area contributed by atoms with Gasteiger partial charge in [-0.25, -0.2) is 8.78 Å². The fourth-order valence-electron chi connectivity index (χ4n) is 3.98. The van der Waals surface area contributed by atoms with Crippen LogP contribution in [-0.4, -0.2) is 25.0 Å². The van der Waals surface area contributed by atoms with Crippen LogP contribution in [0.15, 0.2) is 72.8 Å². The largest absolute Gasteiger partial charge is 0.494 e. The Kier molecular flexibility index (Phi) is 10.6. The number of esters is 1. The number of rotatable bonds is 14. The van der Waals surface area contributed by atoms with Crippen LogP contribution in [0.3, 0.4) is 0 Å². The van der Waals surface area contributed by atoms with E-state index >= 15 is 0 Å². The standard InChI is InChI=1S/C30H33F2NO4/c1-3-5-20-37-26-16-8-22(9-17-26)29(33-25-14-12-24(32)13-15-25)27(30(35)36-4-2)18-19-28(34)21-6-10-23(31)11-7-21/h6-17,27,29,33H,3-5,18-20H2,1-2H3/t27?,29-/m0/s1. The second-order valence-electron chi connectivity index (χ2n) is 8.73. The summed E-state index contributed by atoms with van der Waals surface area (Å²) in [7, 11) is 0. The minimum absolute atomic E-state index is 0.0644. The second-order valence-corrected chi connectivity index (χ2v) is 8.73. The van der Waals surface area contributed by atoms with E-state index in [0.29, 0.717) is 17.9 Å². The first-order chi connectivity index (χ1) is 17.9. The van der Waals surface area contributed by atoms with Crippen molar-refractivity contribution in [3.63, 3.8) is 0 Å². The van der Waals surface area contributed by atoms with Gasteiger partial charge in [0.25, 0.3) is 0 Å². The number of anilines is 1. The zero-order valence-electron chi connectivity index (χ0n) is 21.2. The van der Waals surface area contributed by atoms with Gasteiger partial charge in [-0.05, 0) is 86.0 Å². The van der Waals surface area contributed by atoms with Gasteiger partial charge in [-0.2, -0.15) is 0 Å². The summed E-state index contributed by atoms with van der Waals surface area (Å²) in [6, 6.07) is 18.1. The number of carbonyl (C=O) groups is 2. The summed E-state index contributed by atoms with van der Waals surface area (Å²) in [5, 5.41) is 3.34. The van der Waals surface area contributed by atoms with Gasteiger partial charge in [-0.3, -0.25) is 9.59 Å². The number of hydrogen-bond donors (Lipinski definition) is 1. The maximum Gasteiger partial charge on any atom is 0.311 e. The van der Waals surface area contributed by atoms with Crippen molar-refractivity contribution in [1.82, 2.24) is 0 Å². The molecule has 0 aromatic heterocycles. The Morgan fingerprint density at radius 2 is 1.49 bits per heavy atom. The predicted octanol–water partition coefficient (Wildman–Crippen LogP) is 7.14. The van der Waals surface area contributed by atoms with E-state index in [1.54, 1.807) is 19.1 Å². The average Bonchev–Trinajstić information content (AvgIpc) is 2.90. The summed E-state index contributed by atoms with van der Waals surface area (Å²) in [5.41, 5.74) is 1.79. The van der Waals surface area contributed by atoms with Gasteiger partial charge in [-0.15, -0.1) is 0 Å². The van der Waals surface area contributed by atoms with E-state index in [2.05, 4.69) is 12.2 Å². The van der Waals surface area contributed by atoms with E-state index in [-0.39, 0.29) is 31.0 Å². The molecular formula is C30H33F2NO4. The lowest BCUT2D eigenvalue weighted by Gasteiger charge is -2.28. The fourth-order valence-corrected chi connectivity index (χ4v) is 3.98. The molecule has 3 aromatic rings. The Balaban J connectivity index is 1.88. The van der Waals surface area contributed by atoms with Crippen molar-refractivity contribution in [2.24, 2.45) is 5.92 Å². The number of ether oxygens (including phenoxy) is 2. The summed E-state index contributed by atoms with van der Waals surface area (Å²) in [5.74, 6) is -1.45. The first kappa shape index (κ1) is 27.8. The molecule has 1 unspecified atom stereocenters. The van der Waals surface area contributed by atoms with Gasteiger partial charge in [0.15, 0.2) is 5.78 Å². The van der Waals surface area contributed by atoms with E-state index in [4.69, 9.17) is 9.47 Å². The van der Waals surface area contributed by atoms with E-state index in [1.807, 2.05) is 24.3 Å². The molecule has 5 nitrogen and oxygen atoms in total. The van der Waals surface area contributed by atoms with Crippen molar-refractivity contribution in [1.29, 1.82) is 0 Å². The molecule has 0 aliphatic heterocycles. The normalized spacial score (nSPS) is 12.4. The SMILES string of the molecule is CCCCOc1ccc([C@H](Nc2ccc(F)cc2)C(CCC(=O)c2ccc(F)cc2)C(=O)OCC)cc1. The van der Waals surface area contributed by atoms with Gasteiger partial charge in [-0.1, -0.05) is 25.5 Å². The smallest absolute Gasteiger partial charge is 0.311 e. The highest BCUT2D eigenvalue weighted by molar-refractivity contribution is 5.96. The van der Waals surface area contributed by atoms with E-state index < -0.39 is 23.7 Å². The van der Waals surface area contributed by atoms with Crippen molar-refractivity contribution in [2.45, 2.75) is 45.6 Å². The molecule has 7 heteroatoms. The molecule has 3 aromatic carbocycles. The Morgan fingerprint density at radius 3 is 2.08 bits per heavy atom. The van der Waals surface area contributed by atoms with Gasteiger partial charge in [0.1, 0.15) is 17.4 Å². The molecule has 0 aliphatic carbocycles. The molecule has 0 saturated carbocycles. The number of halogens is 2. The monoisotopic (exact) mass is 509 g/mol. The molecule has 2 atom stereocenters. The lowest BCUT2D eigenvalue weighted by atomic mass is 9.87. The molecule has 0 saturated heterocycles. The van der Waals surface area contributed by atoms with Crippen LogP contribution in [-0.2, 0) is 9.53 Å². The van der Waals surface area contributed by atoms with Crippen molar-refractivity contribution in [3.8, 4) is 5.75 Å². The predicted molar refractivity (Wildman–Crippen MR) is 140 cm³/mol. The maximum atomic E-state index is 13.5. The number of Topliss-reactive ketones (excluding diaryl/α,β-unsaturated/α-hetero) is 1. The third-order valence-electron chi connectivity index (χ3n) is 6.01. The van der Waals surface area contributed by atoms with E-state index in [1.165, 1.54) is 36.4 Å². The third kappa shape index (κ3) is 8.41. The van der Waals surface area contributed by atoms with E-state index in [9.17, 15) is 18.4 Å². The maximum absolute atomic E-state index is 13.5. The van der Waals surface area contributed by atoms with Crippen molar-refractivity contribution >= 4 is 17.4 Å². The molecule has 196 valence electrons. The molecule has 0 fully saturated rings. The van der Waals surface area contributed by atoms with Crippen LogP contribution in [0.2, 0.25) is 0 Å². The topological polar surface area (TPSA) is 64.6 Å². The van der Waals surface area contributed by atoms with Crippen LogP contribution in [0.1, 0.15) is 61.5 Å². The zero-order valence-corrected chi connectivity index (χ0v) is 21.2. The van der Waals surface area contributed by atoms with Crippen LogP contribution in [0.4, 0.5) is 14.5 Å². The molecule has 0 amide bonds. The van der Waals surface area contributed by atoms with Crippen molar-refractivity contribution in [2.75, 3.05) is 18.5 Å². The first-order valence-corrected chi connectivity index (χ1v) is 12.6. The number of unbranched alkanes of at least 4 members (excludes halogenated alkanes) is 1. The summed E-state index contributed by atoms with van der Waals surface area (Å²) in [4.78, 5) is 25.9. The highest BCUT2D eigenvalue weighted by Gasteiger charge is 2.32. The van der Waals surface area contributed by atoms with Gasteiger partial charge in [0, 0.05) is 17.7 Å². The summed E-state index contributed by atoms with van der Waals surface area (Å²) < 4.78 is 38.0. The van der Waals surface area contributed by atoms with Gasteiger partial charge >= 0.3 is 5.97 Å². The zero-order chi connectivity index (χ0) is 26.6. The third-order valence-corrected chi connectivity index (χ3v) is 6.01. The molecule has 1 N–H and O–H groups in total. The lowest BCUT2D eigenvalue weighted by molar-refractivity contribution is -0.148. The highest BCUT2D eigenvalue weighted by Crippen LogP contribution is 2.33. The quantitative estimate of drug-likeness (QED) is 0.142. The van der Waals surface area contributed by atoms with Gasteiger partial charge < -0.3 is 14.8 Å². The molecule has 0 bridgehead atoms. The number of hydrogen-bond acceptors (Lipinski definition) is 5. The highest BCUT2D eigenvalue weighted by atomic mass is 19.1.